The molecule has 0 amide bonds. The van der Waals surface area contributed by atoms with Gasteiger partial charge in [0, 0.05) is 5.92 Å². The molecule has 0 spiro atoms. The summed E-state index contributed by atoms with van der Waals surface area (Å²) in [6, 6.07) is 0. The predicted molar refractivity (Wildman–Crippen MR) is 45.1 cm³/mol. The smallest absolute Gasteiger partial charge is 0.0608 e. The largest absolute Gasteiger partial charge is 0.392 e. The van der Waals surface area contributed by atoms with Crippen molar-refractivity contribution in [3.63, 3.8) is 0 Å². The average molecular weight is 152 g/mol. The second-order valence-corrected chi connectivity index (χ2v) is 4.65. The van der Waals surface area contributed by atoms with Crippen LogP contribution in [0.2, 0.25) is 0 Å². The fourth-order valence-corrected chi connectivity index (χ4v) is 2.46. The number of aliphatic hydroxyl groups excluding tert-OH is 1. The molecule has 2 bridgehead atoms. The van der Waals surface area contributed by atoms with Crippen LogP contribution in [0.4, 0.5) is 0 Å². The lowest BCUT2D eigenvalue weighted by Crippen LogP contribution is -2.42. The van der Waals surface area contributed by atoms with Crippen molar-refractivity contribution in [2.75, 3.05) is 0 Å². The van der Waals surface area contributed by atoms with Gasteiger partial charge in [0.15, 0.2) is 0 Å². The van der Waals surface area contributed by atoms with Gasteiger partial charge in [0.05, 0.1) is 6.10 Å². The molecular weight excluding hydrogens is 136 g/mol. The van der Waals surface area contributed by atoms with Crippen LogP contribution in [-0.4, -0.2) is 11.2 Å². The molecule has 0 aromatic carbocycles. The zero-order valence-electron chi connectivity index (χ0n) is 7.25. The Morgan fingerprint density at radius 1 is 1.36 bits per heavy atom. The fraction of sp³-hybridized carbons (Fsp3) is 0.800. The third-order valence-electron chi connectivity index (χ3n) is 3.35. The molecule has 11 heavy (non-hydrogen) atoms. The minimum atomic E-state index is -0.0574. The fourth-order valence-electron chi connectivity index (χ4n) is 2.46. The molecule has 1 N–H and O–H groups in total. The lowest BCUT2D eigenvalue weighted by Gasteiger charge is -2.46. The van der Waals surface area contributed by atoms with E-state index < -0.39 is 0 Å². The Kier molecular flexibility index (Phi) is 1.40. The Morgan fingerprint density at radius 3 is 2.36 bits per heavy atom. The summed E-state index contributed by atoms with van der Waals surface area (Å²) in [7, 11) is 0. The van der Waals surface area contributed by atoms with Crippen molar-refractivity contribution in [3.8, 4) is 0 Å². The Morgan fingerprint density at radius 2 is 2.09 bits per heavy atom. The highest BCUT2D eigenvalue weighted by atomic mass is 16.3. The molecule has 3 aliphatic carbocycles. The maximum Gasteiger partial charge on any atom is 0.0608 e. The zero-order valence-corrected chi connectivity index (χ0v) is 7.25. The number of hydrogen-bond acceptors (Lipinski definition) is 1. The Hall–Kier alpha value is -0.300. The molecule has 3 rings (SSSR count). The number of allylic oxidation sites excluding steroid dienone is 1. The number of aliphatic hydroxyl groups is 1. The predicted octanol–water partition coefficient (Wildman–Crippen LogP) is 1.97. The van der Waals surface area contributed by atoms with Gasteiger partial charge in [0.2, 0.25) is 0 Å². The molecule has 0 saturated heterocycles. The third-order valence-corrected chi connectivity index (χ3v) is 3.35. The van der Waals surface area contributed by atoms with E-state index in [-0.39, 0.29) is 6.10 Å². The summed E-state index contributed by atoms with van der Waals surface area (Å²) < 4.78 is 0. The monoisotopic (exact) mass is 152 g/mol. The first-order valence-corrected chi connectivity index (χ1v) is 4.46. The molecule has 3 atom stereocenters. The number of rotatable bonds is 0. The van der Waals surface area contributed by atoms with Crippen LogP contribution in [0.5, 0.6) is 0 Å². The van der Waals surface area contributed by atoms with Crippen LogP contribution in [0.15, 0.2) is 12.2 Å². The van der Waals surface area contributed by atoms with E-state index in [1.165, 1.54) is 0 Å². The highest BCUT2D eigenvalue weighted by Crippen LogP contribution is 2.48. The van der Waals surface area contributed by atoms with Gasteiger partial charge in [-0.3, -0.25) is 0 Å². The van der Waals surface area contributed by atoms with Crippen molar-refractivity contribution in [1.29, 1.82) is 0 Å². The van der Waals surface area contributed by atoms with E-state index in [2.05, 4.69) is 26.0 Å². The summed E-state index contributed by atoms with van der Waals surface area (Å²) in [4.78, 5) is 0. The van der Waals surface area contributed by atoms with Gasteiger partial charge in [0.1, 0.15) is 0 Å². The molecule has 0 aromatic heterocycles. The molecule has 62 valence electrons. The summed E-state index contributed by atoms with van der Waals surface area (Å²) in [5.41, 5.74) is 0.429. The minimum Gasteiger partial charge on any atom is -0.392 e. The summed E-state index contributed by atoms with van der Waals surface area (Å²) in [6.45, 7) is 4.61. The SMILES string of the molecule is CC1(C)C[C@H]2C=C[C@H]1C[C@@H]2O. The van der Waals surface area contributed by atoms with Crippen molar-refractivity contribution in [1.82, 2.24) is 0 Å². The van der Waals surface area contributed by atoms with Crippen molar-refractivity contribution in [3.05, 3.63) is 12.2 Å². The summed E-state index contributed by atoms with van der Waals surface area (Å²) in [5.74, 6) is 1.05. The lowest BCUT2D eigenvalue weighted by molar-refractivity contribution is 0.00256. The Balaban J connectivity index is 2.27. The van der Waals surface area contributed by atoms with E-state index >= 15 is 0 Å². The van der Waals surface area contributed by atoms with Crippen LogP contribution in [0, 0.1) is 17.3 Å². The molecule has 0 heterocycles. The molecule has 1 heteroatoms. The first-order chi connectivity index (χ1) is 5.09. The molecule has 1 nitrogen and oxygen atoms in total. The maximum atomic E-state index is 9.58. The van der Waals surface area contributed by atoms with Gasteiger partial charge in [-0.05, 0) is 24.2 Å². The van der Waals surface area contributed by atoms with Gasteiger partial charge < -0.3 is 5.11 Å². The van der Waals surface area contributed by atoms with Gasteiger partial charge in [-0.2, -0.15) is 0 Å². The summed E-state index contributed by atoms with van der Waals surface area (Å²) in [6.07, 6.45) is 6.58. The standard InChI is InChI=1S/C10H16O/c1-10(2)6-7-3-4-8(10)5-9(7)11/h3-4,7-9,11H,5-6H2,1-2H3/t7-,8+,9+/m1/s1. The second-order valence-electron chi connectivity index (χ2n) is 4.65. The first-order valence-electron chi connectivity index (χ1n) is 4.46. The van der Waals surface area contributed by atoms with E-state index in [9.17, 15) is 5.11 Å². The first kappa shape index (κ1) is 7.35. The third kappa shape index (κ3) is 1.02. The quantitative estimate of drug-likeness (QED) is 0.526. The summed E-state index contributed by atoms with van der Waals surface area (Å²) >= 11 is 0. The number of fused-ring (bicyclic) bond motifs is 2. The maximum absolute atomic E-state index is 9.58. The van der Waals surface area contributed by atoms with E-state index in [0.717, 1.165) is 12.8 Å². The van der Waals surface area contributed by atoms with E-state index in [1.807, 2.05) is 0 Å². The molecule has 1 saturated carbocycles. The second kappa shape index (κ2) is 2.10. The molecule has 0 radical (unpaired) electrons. The summed E-state index contributed by atoms with van der Waals surface area (Å²) in [5, 5.41) is 9.58. The number of hydrogen-bond donors (Lipinski definition) is 1. The lowest BCUT2D eigenvalue weighted by atomic mass is 9.60. The van der Waals surface area contributed by atoms with Gasteiger partial charge >= 0.3 is 0 Å². The van der Waals surface area contributed by atoms with Crippen LogP contribution < -0.4 is 0 Å². The van der Waals surface area contributed by atoms with Crippen molar-refractivity contribution >= 4 is 0 Å². The molecule has 1 fully saturated rings. The molecule has 0 aromatic rings. The van der Waals surface area contributed by atoms with Gasteiger partial charge in [-0.1, -0.05) is 26.0 Å². The van der Waals surface area contributed by atoms with Crippen molar-refractivity contribution in [2.45, 2.75) is 32.8 Å². The highest BCUT2D eigenvalue weighted by Gasteiger charge is 2.42. The topological polar surface area (TPSA) is 20.2 Å². The van der Waals surface area contributed by atoms with Gasteiger partial charge in [-0.15, -0.1) is 0 Å². The minimum absolute atomic E-state index is 0.0574. The van der Waals surface area contributed by atoms with Crippen LogP contribution in [0.3, 0.4) is 0 Å². The molecular formula is C10H16O. The molecule has 3 aliphatic rings. The molecule has 0 unspecified atom stereocenters. The highest BCUT2D eigenvalue weighted by molar-refractivity contribution is 5.12. The average Bonchev–Trinajstić information content (AvgIpc) is 1.90. The van der Waals surface area contributed by atoms with Crippen LogP contribution in [0.25, 0.3) is 0 Å². The van der Waals surface area contributed by atoms with Gasteiger partial charge in [0.25, 0.3) is 0 Å². The van der Waals surface area contributed by atoms with E-state index in [4.69, 9.17) is 0 Å². The van der Waals surface area contributed by atoms with Crippen molar-refractivity contribution in [2.24, 2.45) is 17.3 Å². The zero-order chi connectivity index (χ0) is 8.06. The van der Waals surface area contributed by atoms with Crippen LogP contribution >= 0.6 is 0 Å². The van der Waals surface area contributed by atoms with E-state index in [0.29, 0.717) is 17.3 Å². The van der Waals surface area contributed by atoms with Crippen LogP contribution in [0.1, 0.15) is 26.7 Å². The Bertz CT molecular complexity index is 193. The van der Waals surface area contributed by atoms with Crippen molar-refractivity contribution < 1.29 is 5.11 Å². The molecule has 0 aliphatic heterocycles. The van der Waals surface area contributed by atoms with E-state index in [1.54, 1.807) is 0 Å². The normalized spacial score (nSPS) is 46.3. The van der Waals surface area contributed by atoms with Crippen LogP contribution in [-0.2, 0) is 0 Å². The Labute approximate surface area is 68.1 Å². The van der Waals surface area contributed by atoms with Gasteiger partial charge in [-0.25, -0.2) is 0 Å².